The molecule has 0 radical (unpaired) electrons. The van der Waals surface area contributed by atoms with E-state index in [1.165, 1.54) is 56.9 Å². The molecule has 0 aromatic rings. The van der Waals surface area contributed by atoms with Crippen molar-refractivity contribution in [2.45, 2.75) is 117 Å². The van der Waals surface area contributed by atoms with E-state index in [1.807, 2.05) is 6.92 Å². The zero-order chi connectivity index (χ0) is 25.1. The van der Waals surface area contributed by atoms with Crippen molar-refractivity contribution in [1.29, 1.82) is 0 Å². The summed E-state index contributed by atoms with van der Waals surface area (Å²) >= 11 is 0. The third kappa shape index (κ3) is 8.15. The van der Waals surface area contributed by atoms with Gasteiger partial charge in [-0.2, -0.15) is 0 Å². The number of carboxylic acid groups (broad SMARTS) is 1. The van der Waals surface area contributed by atoms with Gasteiger partial charge in [0.25, 0.3) is 0 Å². The zero-order valence-corrected chi connectivity index (χ0v) is 21.8. The number of carboxylic acids is 1. The lowest BCUT2D eigenvalue weighted by molar-refractivity contribution is -0.134. The van der Waals surface area contributed by atoms with E-state index in [1.54, 1.807) is 6.08 Å². The van der Waals surface area contributed by atoms with Crippen LogP contribution in [-0.4, -0.2) is 27.4 Å². The Balaban J connectivity index is 1.93. The van der Waals surface area contributed by atoms with Gasteiger partial charge >= 0.3 is 5.97 Å². The number of hydrogen-bond donors (Lipinski definition) is 3. The van der Waals surface area contributed by atoms with Crippen LogP contribution < -0.4 is 0 Å². The minimum Gasteiger partial charge on any atom is -0.512 e. The first-order valence-corrected chi connectivity index (χ1v) is 13.7. The van der Waals surface area contributed by atoms with E-state index in [-0.39, 0.29) is 23.2 Å². The monoisotopic (exact) mass is 472 g/mol. The van der Waals surface area contributed by atoms with Crippen molar-refractivity contribution < 1.29 is 20.1 Å². The number of allylic oxidation sites excluding steroid dienone is 5. The second-order valence-corrected chi connectivity index (χ2v) is 10.7. The molecule has 2 aliphatic carbocycles. The second-order valence-electron chi connectivity index (χ2n) is 10.7. The molecule has 0 amide bonds. The van der Waals surface area contributed by atoms with E-state index >= 15 is 0 Å². The van der Waals surface area contributed by atoms with E-state index in [9.17, 15) is 20.1 Å². The van der Waals surface area contributed by atoms with Crippen LogP contribution in [0.3, 0.4) is 0 Å². The van der Waals surface area contributed by atoms with Gasteiger partial charge in [-0.1, -0.05) is 94.9 Å². The van der Waals surface area contributed by atoms with Crippen molar-refractivity contribution in [3.05, 3.63) is 46.8 Å². The van der Waals surface area contributed by atoms with Crippen molar-refractivity contribution in [3.63, 3.8) is 0 Å². The summed E-state index contributed by atoms with van der Waals surface area (Å²) in [5.41, 5.74) is 2.87. The molecule has 0 heterocycles. The molecule has 3 N–H and O–H groups in total. The Bertz CT molecular complexity index is 773. The molecular formula is C30H48O4. The van der Waals surface area contributed by atoms with Gasteiger partial charge in [0.2, 0.25) is 0 Å². The van der Waals surface area contributed by atoms with Crippen LogP contribution in [0.1, 0.15) is 111 Å². The van der Waals surface area contributed by atoms with E-state index in [2.05, 4.69) is 26.5 Å². The number of unbranched alkanes of at least 4 members (excludes halogenated alkanes) is 10. The fourth-order valence-electron chi connectivity index (χ4n) is 5.77. The summed E-state index contributed by atoms with van der Waals surface area (Å²) in [6.07, 6.45) is 18.5. The van der Waals surface area contributed by atoms with Gasteiger partial charge in [-0.3, -0.25) is 0 Å². The summed E-state index contributed by atoms with van der Waals surface area (Å²) < 4.78 is 0. The molecule has 4 heteroatoms. The minimum absolute atomic E-state index is 0.0620. The van der Waals surface area contributed by atoms with Crippen LogP contribution >= 0.6 is 0 Å². The second kappa shape index (κ2) is 14.6. The standard InChI is InChI=1S/C30H48O4/c1-5-6-7-8-9-10-11-12-13-14-15-16-23-20-26(31)28(29(32)27(23)30(33)34)25-19-22(4)17-18-24(25)21(2)3/h19-20,24-25,28-29,31-32H,2,5-18H2,1,3-4H3,(H,33,34)/t24-,25+,28?,29?/m0/s1. The highest BCUT2D eigenvalue weighted by Gasteiger charge is 2.43. The number of aliphatic hydroxyl groups is 2. The molecule has 4 atom stereocenters. The first-order chi connectivity index (χ1) is 16.3. The highest BCUT2D eigenvalue weighted by Crippen LogP contribution is 2.44. The first kappa shape index (κ1) is 28.4. The SMILES string of the molecule is C=C(C)[C@@H]1CCC(C)=C[C@H]1C1C(O)=CC(CCCCCCCCCCCCC)=C(C(=O)O)C1O. The summed E-state index contributed by atoms with van der Waals surface area (Å²) in [5, 5.41) is 32.0. The Hall–Kier alpha value is -1.81. The van der Waals surface area contributed by atoms with Crippen LogP contribution in [0.5, 0.6) is 0 Å². The van der Waals surface area contributed by atoms with Crippen LogP contribution in [0.15, 0.2) is 46.8 Å². The molecule has 34 heavy (non-hydrogen) atoms. The number of aliphatic hydroxyl groups excluding tert-OH is 2. The largest absolute Gasteiger partial charge is 0.512 e. The molecule has 0 aliphatic heterocycles. The minimum atomic E-state index is -1.21. The fourth-order valence-corrected chi connectivity index (χ4v) is 5.77. The third-order valence-corrected chi connectivity index (χ3v) is 7.76. The zero-order valence-electron chi connectivity index (χ0n) is 21.8. The fraction of sp³-hybridized carbons (Fsp3) is 0.700. The maximum Gasteiger partial charge on any atom is 0.334 e. The van der Waals surface area contributed by atoms with Gasteiger partial charge in [0.05, 0.1) is 23.4 Å². The van der Waals surface area contributed by atoms with Crippen LogP contribution in [0, 0.1) is 17.8 Å². The molecule has 0 spiro atoms. The molecule has 2 aliphatic rings. The summed E-state index contributed by atoms with van der Waals surface area (Å²) in [6.45, 7) is 10.4. The summed E-state index contributed by atoms with van der Waals surface area (Å²) in [5.74, 6) is -1.62. The van der Waals surface area contributed by atoms with Crippen molar-refractivity contribution in [1.82, 2.24) is 0 Å². The van der Waals surface area contributed by atoms with E-state index < -0.39 is 18.0 Å². The average molecular weight is 473 g/mol. The Morgan fingerprint density at radius 3 is 2.12 bits per heavy atom. The highest BCUT2D eigenvalue weighted by atomic mass is 16.4. The van der Waals surface area contributed by atoms with Gasteiger partial charge < -0.3 is 15.3 Å². The van der Waals surface area contributed by atoms with Crippen LogP contribution in [0.4, 0.5) is 0 Å². The van der Waals surface area contributed by atoms with Gasteiger partial charge in [-0.25, -0.2) is 4.79 Å². The van der Waals surface area contributed by atoms with Crippen LogP contribution in [-0.2, 0) is 4.79 Å². The lowest BCUT2D eigenvalue weighted by Crippen LogP contribution is -2.40. The summed E-state index contributed by atoms with van der Waals surface area (Å²) in [4.78, 5) is 12.1. The van der Waals surface area contributed by atoms with Crippen LogP contribution in [0.2, 0.25) is 0 Å². The summed E-state index contributed by atoms with van der Waals surface area (Å²) in [6, 6.07) is 0. The topological polar surface area (TPSA) is 77.8 Å². The lowest BCUT2D eigenvalue weighted by Gasteiger charge is -2.39. The molecule has 192 valence electrons. The van der Waals surface area contributed by atoms with Crippen molar-refractivity contribution in [2.24, 2.45) is 17.8 Å². The Morgan fingerprint density at radius 1 is 1.03 bits per heavy atom. The van der Waals surface area contributed by atoms with Crippen LogP contribution in [0.25, 0.3) is 0 Å². The maximum absolute atomic E-state index is 12.1. The predicted molar refractivity (Wildman–Crippen MR) is 141 cm³/mol. The smallest absolute Gasteiger partial charge is 0.334 e. The first-order valence-electron chi connectivity index (χ1n) is 13.7. The highest BCUT2D eigenvalue weighted by molar-refractivity contribution is 5.90. The number of hydrogen-bond acceptors (Lipinski definition) is 3. The van der Waals surface area contributed by atoms with Gasteiger partial charge in [0.1, 0.15) is 0 Å². The van der Waals surface area contributed by atoms with Gasteiger partial charge in [0.15, 0.2) is 0 Å². The Morgan fingerprint density at radius 2 is 1.59 bits per heavy atom. The normalized spacial score (nSPS) is 25.2. The molecule has 0 aromatic carbocycles. The van der Waals surface area contributed by atoms with Gasteiger partial charge in [-0.15, -0.1) is 0 Å². The lowest BCUT2D eigenvalue weighted by atomic mass is 9.66. The molecule has 0 fully saturated rings. The molecular weight excluding hydrogens is 424 g/mol. The number of carbonyl (C=O) groups is 1. The molecule has 0 aromatic heterocycles. The van der Waals surface area contributed by atoms with E-state index in [4.69, 9.17) is 0 Å². The van der Waals surface area contributed by atoms with Crippen molar-refractivity contribution in [3.8, 4) is 0 Å². The quantitative estimate of drug-likeness (QED) is 0.166. The molecule has 2 unspecified atom stereocenters. The number of aliphatic carboxylic acids is 1. The van der Waals surface area contributed by atoms with Gasteiger partial charge in [0, 0.05) is 0 Å². The third-order valence-electron chi connectivity index (χ3n) is 7.76. The maximum atomic E-state index is 12.1. The molecule has 0 saturated carbocycles. The molecule has 4 nitrogen and oxygen atoms in total. The van der Waals surface area contributed by atoms with Crippen molar-refractivity contribution >= 4 is 5.97 Å². The summed E-state index contributed by atoms with van der Waals surface area (Å²) in [7, 11) is 0. The van der Waals surface area contributed by atoms with Gasteiger partial charge in [-0.05, 0) is 63.0 Å². The molecule has 0 bridgehead atoms. The van der Waals surface area contributed by atoms with E-state index in [0.717, 1.165) is 37.7 Å². The Kier molecular flexibility index (Phi) is 12.2. The molecule has 0 saturated heterocycles. The average Bonchev–Trinajstić information content (AvgIpc) is 2.76. The van der Waals surface area contributed by atoms with Crippen molar-refractivity contribution in [2.75, 3.05) is 0 Å². The number of rotatable bonds is 15. The van der Waals surface area contributed by atoms with E-state index in [0.29, 0.717) is 12.0 Å². The molecule has 2 rings (SSSR count). The predicted octanol–water partition coefficient (Wildman–Crippen LogP) is 8.05. The Labute approximate surface area is 207 Å².